The van der Waals surface area contributed by atoms with Crippen molar-refractivity contribution in [3.05, 3.63) is 22.8 Å². The summed E-state index contributed by atoms with van der Waals surface area (Å²) in [6.45, 7) is 7.32. The van der Waals surface area contributed by atoms with Crippen LogP contribution in [-0.2, 0) is 4.74 Å². The van der Waals surface area contributed by atoms with E-state index in [0.717, 1.165) is 23.4 Å². The van der Waals surface area contributed by atoms with Gasteiger partial charge in [-0.3, -0.25) is 0 Å². The summed E-state index contributed by atoms with van der Waals surface area (Å²) < 4.78 is 6.25. The number of carbonyl (C=O) groups excluding carboxylic acids is 1. The third-order valence-corrected chi connectivity index (χ3v) is 3.36. The Morgan fingerprint density at radius 1 is 1.50 bits per heavy atom. The van der Waals surface area contributed by atoms with Crippen LogP contribution in [-0.4, -0.2) is 35.8 Å². The Hall–Kier alpha value is -1.30. The van der Waals surface area contributed by atoms with Gasteiger partial charge in [0.15, 0.2) is 0 Å². The number of anilines is 1. The summed E-state index contributed by atoms with van der Waals surface area (Å²) in [7, 11) is 0. The summed E-state index contributed by atoms with van der Waals surface area (Å²) in [6, 6.07) is 5.81. The van der Waals surface area contributed by atoms with Crippen LogP contribution in [0.4, 0.5) is 10.6 Å². The van der Waals surface area contributed by atoms with E-state index in [0.29, 0.717) is 6.54 Å². The molecule has 0 aliphatic carbocycles. The Labute approximate surface area is 127 Å². The first kappa shape index (κ1) is 15.1. The molecule has 1 amide bonds. The number of amides is 1. The normalized spacial score (nSPS) is 19.0. The lowest BCUT2D eigenvalue weighted by molar-refractivity contribution is 0.101. The van der Waals surface area contributed by atoms with Gasteiger partial charge in [0.05, 0.1) is 6.54 Å². The topological polar surface area (TPSA) is 54.5 Å². The van der Waals surface area contributed by atoms with Crippen LogP contribution >= 0.6 is 15.9 Å². The smallest absolute Gasteiger partial charge is 0.407 e. The Kier molecular flexibility index (Phi) is 4.52. The van der Waals surface area contributed by atoms with Crippen molar-refractivity contribution in [1.29, 1.82) is 0 Å². The van der Waals surface area contributed by atoms with Crippen LogP contribution < -0.4 is 10.2 Å². The number of nitrogens with one attached hydrogen (secondary N) is 1. The third kappa shape index (κ3) is 4.37. The molecule has 1 aliphatic heterocycles. The van der Waals surface area contributed by atoms with Crippen LogP contribution in [0.3, 0.4) is 0 Å². The van der Waals surface area contributed by atoms with Gasteiger partial charge in [-0.25, -0.2) is 9.78 Å². The molecule has 1 saturated heterocycles. The van der Waals surface area contributed by atoms with Crippen molar-refractivity contribution in [3.8, 4) is 0 Å². The highest BCUT2D eigenvalue weighted by Crippen LogP contribution is 2.21. The Morgan fingerprint density at radius 3 is 2.90 bits per heavy atom. The summed E-state index contributed by atoms with van der Waals surface area (Å²) in [5.74, 6) is 0.904. The average molecular weight is 342 g/mol. The summed E-state index contributed by atoms with van der Waals surface area (Å²) >= 11 is 3.36. The van der Waals surface area contributed by atoms with Gasteiger partial charge in [-0.1, -0.05) is 6.07 Å². The SMILES string of the molecule is CC(C)(C)NC(=O)O[C@@H]1CCN(c2cccc(Br)n2)C1. The maximum absolute atomic E-state index is 11.7. The van der Waals surface area contributed by atoms with Crippen LogP contribution in [0.1, 0.15) is 27.2 Å². The predicted molar refractivity (Wildman–Crippen MR) is 81.9 cm³/mol. The lowest BCUT2D eigenvalue weighted by Crippen LogP contribution is -2.42. The minimum absolute atomic E-state index is 0.0851. The fourth-order valence-electron chi connectivity index (χ4n) is 2.09. The molecule has 0 aromatic carbocycles. The fourth-order valence-corrected chi connectivity index (χ4v) is 2.43. The van der Waals surface area contributed by atoms with Crippen molar-refractivity contribution in [3.63, 3.8) is 0 Å². The molecule has 110 valence electrons. The Balaban J connectivity index is 1.88. The molecule has 5 nitrogen and oxygen atoms in total. The van der Waals surface area contributed by atoms with E-state index < -0.39 is 0 Å². The quantitative estimate of drug-likeness (QED) is 0.840. The number of ether oxygens (including phenoxy) is 1. The molecule has 0 bridgehead atoms. The van der Waals surface area contributed by atoms with Crippen molar-refractivity contribution >= 4 is 27.8 Å². The van der Waals surface area contributed by atoms with Crippen molar-refractivity contribution in [1.82, 2.24) is 10.3 Å². The van der Waals surface area contributed by atoms with Gasteiger partial charge in [0.25, 0.3) is 0 Å². The average Bonchev–Trinajstić information content (AvgIpc) is 2.74. The second-order valence-corrected chi connectivity index (χ2v) is 6.77. The molecule has 1 aliphatic rings. The molecule has 1 fully saturated rings. The maximum atomic E-state index is 11.7. The van der Waals surface area contributed by atoms with Crippen LogP contribution in [0.25, 0.3) is 0 Å². The summed E-state index contributed by atoms with van der Waals surface area (Å²) in [6.07, 6.45) is 0.385. The summed E-state index contributed by atoms with van der Waals surface area (Å²) in [5, 5.41) is 2.81. The third-order valence-electron chi connectivity index (χ3n) is 2.92. The first-order valence-electron chi connectivity index (χ1n) is 6.70. The Bertz CT molecular complexity index is 488. The monoisotopic (exact) mass is 341 g/mol. The number of pyridine rings is 1. The second kappa shape index (κ2) is 5.99. The van der Waals surface area contributed by atoms with E-state index in [1.807, 2.05) is 39.0 Å². The van der Waals surface area contributed by atoms with Crippen LogP contribution in [0.15, 0.2) is 22.8 Å². The number of hydrogen-bond acceptors (Lipinski definition) is 4. The van der Waals surface area contributed by atoms with E-state index in [2.05, 4.69) is 31.1 Å². The summed E-state index contributed by atoms with van der Waals surface area (Å²) in [4.78, 5) is 18.3. The fraction of sp³-hybridized carbons (Fsp3) is 0.571. The van der Waals surface area contributed by atoms with Gasteiger partial charge >= 0.3 is 6.09 Å². The lowest BCUT2D eigenvalue weighted by atomic mass is 10.1. The van der Waals surface area contributed by atoms with E-state index in [9.17, 15) is 4.79 Å². The molecule has 1 aromatic rings. The standard InChI is InChI=1S/C14H20BrN3O2/c1-14(2,3)17-13(19)20-10-7-8-18(9-10)12-6-4-5-11(15)16-12/h4-6,10H,7-9H2,1-3H3,(H,17,19)/t10-/m1/s1. The highest BCUT2D eigenvalue weighted by Gasteiger charge is 2.27. The molecule has 6 heteroatoms. The highest BCUT2D eigenvalue weighted by molar-refractivity contribution is 9.10. The van der Waals surface area contributed by atoms with Gasteiger partial charge in [0.1, 0.15) is 16.5 Å². The zero-order valence-corrected chi connectivity index (χ0v) is 13.6. The highest BCUT2D eigenvalue weighted by atomic mass is 79.9. The number of hydrogen-bond donors (Lipinski definition) is 1. The van der Waals surface area contributed by atoms with Crippen molar-refractivity contribution < 1.29 is 9.53 Å². The number of nitrogens with zero attached hydrogens (tertiary/aromatic N) is 2. The van der Waals surface area contributed by atoms with Crippen molar-refractivity contribution in [2.24, 2.45) is 0 Å². The number of carbonyl (C=O) groups is 1. The van der Waals surface area contributed by atoms with E-state index in [1.54, 1.807) is 0 Å². The Morgan fingerprint density at radius 2 is 2.25 bits per heavy atom. The van der Waals surface area contributed by atoms with Gasteiger partial charge in [-0.15, -0.1) is 0 Å². The largest absolute Gasteiger partial charge is 0.444 e. The molecular formula is C14H20BrN3O2. The van der Waals surface area contributed by atoms with Gasteiger partial charge in [0, 0.05) is 18.5 Å². The predicted octanol–water partition coefficient (Wildman–Crippen LogP) is 2.95. The zero-order chi connectivity index (χ0) is 14.8. The van der Waals surface area contributed by atoms with Gasteiger partial charge in [0.2, 0.25) is 0 Å². The minimum Gasteiger partial charge on any atom is -0.444 e. The molecule has 1 N–H and O–H groups in total. The van der Waals surface area contributed by atoms with Crippen LogP contribution in [0.5, 0.6) is 0 Å². The second-order valence-electron chi connectivity index (χ2n) is 5.96. The number of halogens is 1. The molecule has 0 unspecified atom stereocenters. The van der Waals surface area contributed by atoms with Crippen molar-refractivity contribution in [2.45, 2.75) is 38.8 Å². The van der Waals surface area contributed by atoms with Crippen molar-refractivity contribution in [2.75, 3.05) is 18.0 Å². The molecule has 1 atom stereocenters. The van der Waals surface area contributed by atoms with Gasteiger partial charge in [-0.05, 0) is 48.8 Å². The first-order chi connectivity index (χ1) is 9.33. The first-order valence-corrected chi connectivity index (χ1v) is 7.49. The zero-order valence-electron chi connectivity index (χ0n) is 12.0. The lowest BCUT2D eigenvalue weighted by Gasteiger charge is -2.22. The molecule has 2 heterocycles. The van der Waals surface area contributed by atoms with Crippen LogP contribution in [0.2, 0.25) is 0 Å². The maximum Gasteiger partial charge on any atom is 0.407 e. The number of aromatic nitrogens is 1. The van der Waals surface area contributed by atoms with Gasteiger partial charge < -0.3 is 15.0 Å². The molecule has 2 rings (SSSR count). The van der Waals surface area contributed by atoms with Gasteiger partial charge in [-0.2, -0.15) is 0 Å². The minimum atomic E-state index is -0.355. The molecule has 20 heavy (non-hydrogen) atoms. The molecular weight excluding hydrogens is 322 g/mol. The molecule has 0 radical (unpaired) electrons. The number of alkyl carbamates (subject to hydrolysis) is 1. The number of rotatable bonds is 2. The molecule has 1 aromatic heterocycles. The van der Waals surface area contributed by atoms with E-state index >= 15 is 0 Å². The molecule has 0 spiro atoms. The van der Waals surface area contributed by atoms with E-state index in [-0.39, 0.29) is 17.7 Å². The van der Waals surface area contributed by atoms with E-state index in [4.69, 9.17) is 4.74 Å². The van der Waals surface area contributed by atoms with E-state index in [1.165, 1.54) is 0 Å². The molecule has 0 saturated carbocycles. The van der Waals surface area contributed by atoms with Crippen LogP contribution in [0, 0.1) is 0 Å². The summed E-state index contributed by atoms with van der Waals surface area (Å²) in [5.41, 5.74) is -0.277.